The van der Waals surface area contributed by atoms with Crippen LogP contribution in [0.5, 0.6) is 0 Å². The minimum absolute atomic E-state index is 0.00370. The van der Waals surface area contributed by atoms with Crippen LogP contribution < -0.4 is 10.2 Å². The average molecular weight is 404 g/mol. The molecule has 154 valence electrons. The van der Waals surface area contributed by atoms with E-state index in [0.717, 1.165) is 44.3 Å². The Morgan fingerprint density at radius 2 is 1.87 bits per heavy atom. The summed E-state index contributed by atoms with van der Waals surface area (Å²) in [5, 5.41) is 15.9. The van der Waals surface area contributed by atoms with Crippen LogP contribution in [0, 0.1) is 10.1 Å². The second kappa shape index (κ2) is 7.48. The monoisotopic (exact) mass is 404 g/mol. The van der Waals surface area contributed by atoms with Crippen molar-refractivity contribution >= 4 is 28.2 Å². The second-order valence-electron chi connectivity index (χ2n) is 8.26. The van der Waals surface area contributed by atoms with Crippen molar-refractivity contribution in [2.75, 3.05) is 18.0 Å². The van der Waals surface area contributed by atoms with Crippen molar-refractivity contribution in [2.45, 2.75) is 37.6 Å². The number of carbonyl (C=O) groups excluding carboxylic acids is 1. The summed E-state index contributed by atoms with van der Waals surface area (Å²) in [6.07, 6.45) is 5.93. The standard InChI is InChI=1S/C23H24N4O3/c28-23(25-17-6-7-17)16-5-8-21(22(13-16)27(29)30)26-11-9-15(10-12-26)19-14-24-20-4-2-1-3-18(19)20/h1-5,8,13-15,17,24H,6-7,9-12H2,(H,25,28). The molecular formula is C23H24N4O3. The number of H-pyrrole nitrogens is 1. The molecule has 7 nitrogen and oxygen atoms in total. The van der Waals surface area contributed by atoms with Gasteiger partial charge in [0.05, 0.1) is 4.92 Å². The average Bonchev–Trinajstić information content (AvgIpc) is 3.48. The van der Waals surface area contributed by atoms with Gasteiger partial charge in [-0.3, -0.25) is 14.9 Å². The summed E-state index contributed by atoms with van der Waals surface area (Å²) in [7, 11) is 0. The first-order valence-corrected chi connectivity index (χ1v) is 10.5. The van der Waals surface area contributed by atoms with Gasteiger partial charge in [-0.1, -0.05) is 18.2 Å². The van der Waals surface area contributed by atoms with Gasteiger partial charge in [0.15, 0.2) is 0 Å². The van der Waals surface area contributed by atoms with Crippen LogP contribution in [-0.4, -0.2) is 34.9 Å². The van der Waals surface area contributed by atoms with E-state index in [2.05, 4.69) is 39.6 Å². The lowest BCUT2D eigenvalue weighted by molar-refractivity contribution is -0.384. The Bertz CT molecular complexity index is 1110. The number of nitro groups is 1. The summed E-state index contributed by atoms with van der Waals surface area (Å²) in [6.45, 7) is 1.50. The molecule has 7 heteroatoms. The van der Waals surface area contributed by atoms with E-state index in [4.69, 9.17) is 0 Å². The van der Waals surface area contributed by atoms with Crippen molar-refractivity contribution < 1.29 is 9.72 Å². The van der Waals surface area contributed by atoms with Crippen LogP contribution in [0.3, 0.4) is 0 Å². The molecular weight excluding hydrogens is 380 g/mol. The molecule has 0 unspecified atom stereocenters. The highest BCUT2D eigenvalue weighted by Gasteiger charge is 2.29. The number of rotatable bonds is 5. The minimum Gasteiger partial charge on any atom is -0.366 e. The highest BCUT2D eigenvalue weighted by atomic mass is 16.6. The Morgan fingerprint density at radius 3 is 2.60 bits per heavy atom. The normalized spacial score (nSPS) is 17.3. The van der Waals surface area contributed by atoms with Crippen molar-refractivity contribution in [3.05, 3.63) is 69.9 Å². The van der Waals surface area contributed by atoms with Gasteiger partial charge in [0.2, 0.25) is 0 Å². The maximum atomic E-state index is 12.3. The third-order valence-corrected chi connectivity index (χ3v) is 6.24. The van der Waals surface area contributed by atoms with Gasteiger partial charge < -0.3 is 15.2 Å². The van der Waals surface area contributed by atoms with E-state index < -0.39 is 0 Å². The summed E-state index contributed by atoms with van der Waals surface area (Å²) in [5.41, 5.74) is 3.42. The van der Waals surface area contributed by atoms with Gasteiger partial charge in [-0.2, -0.15) is 0 Å². The number of amides is 1. The van der Waals surface area contributed by atoms with E-state index in [9.17, 15) is 14.9 Å². The van der Waals surface area contributed by atoms with Crippen molar-refractivity contribution in [1.82, 2.24) is 10.3 Å². The van der Waals surface area contributed by atoms with Gasteiger partial charge in [-0.25, -0.2) is 0 Å². The van der Waals surface area contributed by atoms with Crippen molar-refractivity contribution in [2.24, 2.45) is 0 Å². The van der Waals surface area contributed by atoms with E-state index in [1.807, 2.05) is 6.07 Å². The van der Waals surface area contributed by atoms with Gasteiger partial charge >= 0.3 is 0 Å². The zero-order chi connectivity index (χ0) is 20.7. The molecule has 0 spiro atoms. The summed E-state index contributed by atoms with van der Waals surface area (Å²) in [6, 6.07) is 13.4. The molecule has 1 aromatic heterocycles. The number of hydrogen-bond acceptors (Lipinski definition) is 4. The molecule has 30 heavy (non-hydrogen) atoms. The topological polar surface area (TPSA) is 91.3 Å². The molecule has 1 aliphatic carbocycles. The van der Waals surface area contributed by atoms with Crippen LogP contribution in [-0.2, 0) is 0 Å². The molecule has 3 aromatic rings. The number of nitrogens with zero attached hydrogens (tertiary/aromatic N) is 2. The van der Waals surface area contributed by atoms with Crippen LogP contribution in [0.25, 0.3) is 10.9 Å². The molecule has 2 aliphatic rings. The lowest BCUT2D eigenvalue weighted by Gasteiger charge is -2.33. The molecule has 2 fully saturated rings. The molecule has 2 aromatic carbocycles. The molecule has 1 aliphatic heterocycles. The third-order valence-electron chi connectivity index (χ3n) is 6.24. The van der Waals surface area contributed by atoms with Crippen LogP contribution in [0.4, 0.5) is 11.4 Å². The first kappa shape index (κ1) is 18.7. The number of aromatic nitrogens is 1. The van der Waals surface area contributed by atoms with Crippen molar-refractivity contribution in [3.63, 3.8) is 0 Å². The van der Waals surface area contributed by atoms with Gasteiger partial charge in [0, 0.05) is 47.9 Å². The van der Waals surface area contributed by atoms with Gasteiger partial charge in [-0.05, 0) is 55.4 Å². The van der Waals surface area contributed by atoms with E-state index in [-0.39, 0.29) is 22.6 Å². The fourth-order valence-electron chi connectivity index (χ4n) is 4.44. The zero-order valence-electron chi connectivity index (χ0n) is 16.6. The fraction of sp³-hybridized carbons (Fsp3) is 0.348. The zero-order valence-corrected chi connectivity index (χ0v) is 16.6. The Morgan fingerprint density at radius 1 is 1.10 bits per heavy atom. The van der Waals surface area contributed by atoms with Gasteiger partial charge in [0.25, 0.3) is 11.6 Å². The van der Waals surface area contributed by atoms with Gasteiger partial charge in [0.1, 0.15) is 5.69 Å². The molecule has 0 bridgehead atoms. The second-order valence-corrected chi connectivity index (χ2v) is 8.26. The molecule has 1 saturated carbocycles. The third kappa shape index (κ3) is 3.51. The maximum absolute atomic E-state index is 12.3. The highest BCUT2D eigenvalue weighted by molar-refractivity contribution is 5.96. The predicted octanol–water partition coefficient (Wildman–Crippen LogP) is 4.35. The summed E-state index contributed by atoms with van der Waals surface area (Å²) in [5.74, 6) is 0.199. The predicted molar refractivity (Wildman–Crippen MR) is 116 cm³/mol. The van der Waals surface area contributed by atoms with E-state index in [1.165, 1.54) is 17.0 Å². The smallest absolute Gasteiger partial charge is 0.293 e. The van der Waals surface area contributed by atoms with E-state index >= 15 is 0 Å². The summed E-state index contributed by atoms with van der Waals surface area (Å²) in [4.78, 5) is 29.0. The number of para-hydroxylation sites is 1. The molecule has 0 atom stereocenters. The summed E-state index contributed by atoms with van der Waals surface area (Å²) >= 11 is 0. The van der Waals surface area contributed by atoms with E-state index in [0.29, 0.717) is 17.2 Å². The molecule has 1 saturated heterocycles. The summed E-state index contributed by atoms with van der Waals surface area (Å²) < 4.78 is 0. The van der Waals surface area contributed by atoms with Crippen molar-refractivity contribution in [1.29, 1.82) is 0 Å². The van der Waals surface area contributed by atoms with Gasteiger partial charge in [-0.15, -0.1) is 0 Å². The van der Waals surface area contributed by atoms with Crippen LogP contribution in [0.1, 0.15) is 47.5 Å². The number of nitrogens with one attached hydrogen (secondary N) is 2. The van der Waals surface area contributed by atoms with Crippen molar-refractivity contribution in [3.8, 4) is 0 Å². The number of carbonyl (C=O) groups is 1. The lowest BCUT2D eigenvalue weighted by atomic mass is 9.89. The molecule has 5 rings (SSSR count). The number of hydrogen-bond donors (Lipinski definition) is 2. The maximum Gasteiger partial charge on any atom is 0.293 e. The Kier molecular flexibility index (Phi) is 4.65. The Hall–Kier alpha value is -3.35. The first-order chi connectivity index (χ1) is 14.6. The molecule has 0 radical (unpaired) electrons. The fourth-order valence-corrected chi connectivity index (χ4v) is 4.44. The number of nitro benzene ring substituents is 1. The quantitative estimate of drug-likeness (QED) is 0.488. The Balaban J connectivity index is 1.33. The number of benzene rings is 2. The SMILES string of the molecule is O=C(NC1CC1)c1ccc(N2CCC(c3c[nH]c4ccccc34)CC2)c([N+](=O)[O-])c1. The number of piperidine rings is 1. The molecule has 2 N–H and O–H groups in total. The van der Waals surface area contributed by atoms with Crippen LogP contribution in [0.15, 0.2) is 48.7 Å². The number of anilines is 1. The van der Waals surface area contributed by atoms with E-state index in [1.54, 1.807) is 12.1 Å². The Labute approximate surface area is 174 Å². The van der Waals surface area contributed by atoms with Crippen LogP contribution >= 0.6 is 0 Å². The molecule has 2 heterocycles. The minimum atomic E-state index is -0.380. The number of fused-ring (bicyclic) bond motifs is 1. The largest absolute Gasteiger partial charge is 0.366 e. The molecule has 1 amide bonds. The van der Waals surface area contributed by atoms with Crippen LogP contribution in [0.2, 0.25) is 0 Å². The number of aromatic amines is 1. The lowest BCUT2D eigenvalue weighted by Crippen LogP contribution is -2.33. The first-order valence-electron chi connectivity index (χ1n) is 10.5. The highest BCUT2D eigenvalue weighted by Crippen LogP contribution is 2.37.